The first kappa shape index (κ1) is 13.5. The summed E-state index contributed by atoms with van der Waals surface area (Å²) in [7, 11) is 0. The highest BCUT2D eigenvalue weighted by atomic mass is 35.5. The van der Waals surface area contributed by atoms with Gasteiger partial charge in [0.05, 0.1) is 0 Å². The molecule has 1 aromatic carbocycles. The molecule has 0 fully saturated rings. The molecule has 3 heteroatoms. The van der Waals surface area contributed by atoms with Crippen LogP contribution in [0.15, 0.2) is 24.3 Å². The summed E-state index contributed by atoms with van der Waals surface area (Å²) in [4.78, 5) is 0. The van der Waals surface area contributed by atoms with Gasteiger partial charge in [0, 0.05) is 24.2 Å². The Morgan fingerprint density at radius 1 is 1.25 bits per heavy atom. The highest BCUT2D eigenvalue weighted by Gasteiger charge is 2.04. The van der Waals surface area contributed by atoms with E-state index in [0.717, 1.165) is 24.5 Å². The molecular formula is C13H21ClN2. The Balaban J connectivity index is 2.22. The van der Waals surface area contributed by atoms with Crippen LogP contribution in [0.5, 0.6) is 0 Å². The van der Waals surface area contributed by atoms with Crippen molar-refractivity contribution in [1.29, 1.82) is 0 Å². The number of hydrogen-bond acceptors (Lipinski definition) is 2. The van der Waals surface area contributed by atoms with Crippen LogP contribution in [0.2, 0.25) is 5.02 Å². The average molecular weight is 241 g/mol. The highest BCUT2D eigenvalue weighted by molar-refractivity contribution is 6.30. The van der Waals surface area contributed by atoms with E-state index in [2.05, 4.69) is 19.2 Å². The molecule has 0 bridgehead atoms. The normalized spacial score (nSPS) is 13.1. The van der Waals surface area contributed by atoms with Crippen LogP contribution in [-0.4, -0.2) is 12.6 Å². The van der Waals surface area contributed by atoms with Crippen molar-refractivity contribution >= 4 is 11.6 Å². The summed E-state index contributed by atoms with van der Waals surface area (Å²) in [5, 5.41) is 4.14. The maximum atomic E-state index is 5.98. The van der Waals surface area contributed by atoms with Crippen molar-refractivity contribution in [3.63, 3.8) is 0 Å². The van der Waals surface area contributed by atoms with Gasteiger partial charge in [-0.3, -0.25) is 0 Å². The second kappa shape index (κ2) is 6.89. The molecule has 1 unspecified atom stereocenters. The topological polar surface area (TPSA) is 38.0 Å². The number of nitrogens with one attached hydrogen (secondary N) is 1. The Labute approximate surface area is 103 Å². The van der Waals surface area contributed by atoms with E-state index in [0.29, 0.717) is 5.92 Å². The zero-order chi connectivity index (χ0) is 12.0. The summed E-state index contributed by atoms with van der Waals surface area (Å²) >= 11 is 5.81. The first-order valence-electron chi connectivity index (χ1n) is 5.78. The van der Waals surface area contributed by atoms with Gasteiger partial charge in [-0.1, -0.05) is 37.6 Å². The van der Waals surface area contributed by atoms with E-state index in [4.69, 9.17) is 17.3 Å². The zero-order valence-corrected chi connectivity index (χ0v) is 10.8. The van der Waals surface area contributed by atoms with E-state index >= 15 is 0 Å². The van der Waals surface area contributed by atoms with Gasteiger partial charge in [-0.2, -0.15) is 0 Å². The number of hydrogen-bond donors (Lipinski definition) is 2. The fraction of sp³-hybridized carbons (Fsp3) is 0.538. The fourth-order valence-electron chi connectivity index (χ4n) is 1.69. The molecule has 0 aliphatic heterocycles. The lowest BCUT2D eigenvalue weighted by atomic mass is 10.0. The number of rotatable bonds is 6. The van der Waals surface area contributed by atoms with E-state index < -0.39 is 0 Å². The predicted molar refractivity (Wildman–Crippen MR) is 70.6 cm³/mol. The Bertz CT molecular complexity index is 295. The average Bonchev–Trinajstić information content (AvgIpc) is 2.20. The molecule has 0 aliphatic rings. The molecule has 0 aliphatic carbocycles. The van der Waals surface area contributed by atoms with E-state index in [1.807, 2.05) is 24.3 Å². The van der Waals surface area contributed by atoms with Gasteiger partial charge < -0.3 is 11.1 Å². The van der Waals surface area contributed by atoms with Crippen molar-refractivity contribution in [2.45, 2.75) is 32.9 Å². The molecular weight excluding hydrogens is 220 g/mol. The zero-order valence-electron chi connectivity index (χ0n) is 10.0. The summed E-state index contributed by atoms with van der Waals surface area (Å²) in [6.07, 6.45) is 1.06. The summed E-state index contributed by atoms with van der Waals surface area (Å²) in [6.45, 7) is 6.10. The van der Waals surface area contributed by atoms with Crippen LogP contribution in [0, 0.1) is 5.92 Å². The minimum absolute atomic E-state index is 0.243. The molecule has 0 saturated heterocycles. The van der Waals surface area contributed by atoms with E-state index in [1.165, 1.54) is 5.56 Å². The standard InChI is InChI=1S/C13H21ClN2/c1-10(2)7-13(15)9-16-8-11-3-5-12(14)6-4-11/h3-6,10,13,16H,7-9,15H2,1-2H3. The first-order chi connectivity index (χ1) is 7.58. The molecule has 16 heavy (non-hydrogen) atoms. The molecule has 90 valence electrons. The Kier molecular flexibility index (Phi) is 5.81. The Morgan fingerprint density at radius 2 is 1.88 bits per heavy atom. The van der Waals surface area contributed by atoms with E-state index in [1.54, 1.807) is 0 Å². The Hall–Kier alpha value is -0.570. The summed E-state index contributed by atoms with van der Waals surface area (Å²) < 4.78 is 0. The third-order valence-corrected chi connectivity index (χ3v) is 2.68. The highest BCUT2D eigenvalue weighted by Crippen LogP contribution is 2.09. The minimum atomic E-state index is 0.243. The smallest absolute Gasteiger partial charge is 0.0406 e. The minimum Gasteiger partial charge on any atom is -0.327 e. The lowest BCUT2D eigenvalue weighted by molar-refractivity contribution is 0.467. The van der Waals surface area contributed by atoms with E-state index in [-0.39, 0.29) is 6.04 Å². The van der Waals surface area contributed by atoms with Crippen molar-refractivity contribution in [3.05, 3.63) is 34.9 Å². The SMILES string of the molecule is CC(C)CC(N)CNCc1ccc(Cl)cc1. The van der Waals surface area contributed by atoms with Gasteiger partial charge in [0.2, 0.25) is 0 Å². The molecule has 0 spiro atoms. The first-order valence-corrected chi connectivity index (χ1v) is 6.16. The van der Waals surface area contributed by atoms with Crippen molar-refractivity contribution in [2.24, 2.45) is 11.7 Å². The van der Waals surface area contributed by atoms with Crippen molar-refractivity contribution < 1.29 is 0 Å². The van der Waals surface area contributed by atoms with Gasteiger partial charge in [-0.25, -0.2) is 0 Å². The van der Waals surface area contributed by atoms with Crippen LogP contribution in [-0.2, 0) is 6.54 Å². The summed E-state index contributed by atoms with van der Waals surface area (Å²) in [5.74, 6) is 0.660. The monoisotopic (exact) mass is 240 g/mol. The van der Waals surface area contributed by atoms with Gasteiger partial charge in [0.25, 0.3) is 0 Å². The van der Waals surface area contributed by atoms with Gasteiger partial charge in [-0.05, 0) is 30.0 Å². The van der Waals surface area contributed by atoms with Crippen molar-refractivity contribution in [1.82, 2.24) is 5.32 Å². The van der Waals surface area contributed by atoms with Gasteiger partial charge in [0.1, 0.15) is 0 Å². The number of halogens is 1. The number of nitrogens with two attached hydrogens (primary N) is 1. The van der Waals surface area contributed by atoms with E-state index in [9.17, 15) is 0 Å². The fourth-order valence-corrected chi connectivity index (χ4v) is 1.82. The van der Waals surface area contributed by atoms with Gasteiger partial charge in [-0.15, -0.1) is 0 Å². The molecule has 0 amide bonds. The third-order valence-electron chi connectivity index (χ3n) is 2.42. The maximum absolute atomic E-state index is 5.98. The molecule has 0 heterocycles. The quantitative estimate of drug-likeness (QED) is 0.803. The second-order valence-electron chi connectivity index (χ2n) is 4.65. The van der Waals surface area contributed by atoms with Crippen LogP contribution >= 0.6 is 11.6 Å². The molecule has 0 radical (unpaired) electrons. The van der Waals surface area contributed by atoms with Crippen LogP contribution in [0.1, 0.15) is 25.8 Å². The molecule has 3 N–H and O–H groups in total. The largest absolute Gasteiger partial charge is 0.327 e. The van der Waals surface area contributed by atoms with Crippen LogP contribution in [0.3, 0.4) is 0 Å². The van der Waals surface area contributed by atoms with Crippen molar-refractivity contribution in [3.8, 4) is 0 Å². The lowest BCUT2D eigenvalue weighted by Gasteiger charge is -2.14. The lowest BCUT2D eigenvalue weighted by Crippen LogP contribution is -2.34. The summed E-state index contributed by atoms with van der Waals surface area (Å²) in [6, 6.07) is 8.12. The third kappa shape index (κ3) is 5.50. The molecule has 1 aromatic rings. The second-order valence-corrected chi connectivity index (χ2v) is 5.08. The molecule has 1 rings (SSSR count). The van der Waals surface area contributed by atoms with Crippen molar-refractivity contribution in [2.75, 3.05) is 6.54 Å². The predicted octanol–water partition coefficient (Wildman–Crippen LogP) is 2.80. The molecule has 1 atom stereocenters. The molecule has 2 nitrogen and oxygen atoms in total. The van der Waals surface area contributed by atoms with Gasteiger partial charge >= 0.3 is 0 Å². The Morgan fingerprint density at radius 3 is 2.44 bits per heavy atom. The van der Waals surface area contributed by atoms with Gasteiger partial charge in [0.15, 0.2) is 0 Å². The maximum Gasteiger partial charge on any atom is 0.0406 e. The molecule has 0 aromatic heterocycles. The summed E-state index contributed by atoms with van der Waals surface area (Å²) in [5.41, 5.74) is 7.22. The van der Waals surface area contributed by atoms with Crippen LogP contribution < -0.4 is 11.1 Å². The molecule has 0 saturated carbocycles. The van der Waals surface area contributed by atoms with Crippen LogP contribution in [0.4, 0.5) is 0 Å². The van der Waals surface area contributed by atoms with Crippen LogP contribution in [0.25, 0.3) is 0 Å². The number of benzene rings is 1.